The van der Waals surface area contributed by atoms with Gasteiger partial charge in [0, 0.05) is 31.4 Å². The zero-order valence-corrected chi connectivity index (χ0v) is 13.4. The summed E-state index contributed by atoms with van der Waals surface area (Å²) >= 11 is 0. The van der Waals surface area contributed by atoms with E-state index in [0.717, 1.165) is 24.0 Å². The van der Waals surface area contributed by atoms with Crippen LogP contribution in [0.2, 0.25) is 0 Å². The number of aliphatic hydroxyl groups is 1. The quantitative estimate of drug-likeness (QED) is 0.826. The molecule has 2 aromatic rings. The van der Waals surface area contributed by atoms with Crippen molar-refractivity contribution in [1.29, 1.82) is 0 Å². The molecular weight excluding hydrogens is 281 g/mol. The molecule has 2 atom stereocenters. The van der Waals surface area contributed by atoms with Crippen LogP contribution in [0.4, 0.5) is 4.39 Å². The van der Waals surface area contributed by atoms with Crippen LogP contribution >= 0.6 is 0 Å². The second-order valence-corrected chi connectivity index (χ2v) is 6.13. The van der Waals surface area contributed by atoms with Crippen LogP contribution in [-0.2, 0) is 19.1 Å². The molecule has 0 aliphatic rings. The molecule has 0 aliphatic carbocycles. The molecule has 0 fully saturated rings. The van der Waals surface area contributed by atoms with Crippen LogP contribution in [-0.4, -0.2) is 27.5 Å². The monoisotopic (exact) mass is 305 g/mol. The third kappa shape index (κ3) is 4.64. The largest absolute Gasteiger partial charge is 0.384 e. The van der Waals surface area contributed by atoms with Gasteiger partial charge in [-0.15, -0.1) is 0 Å². The Bertz CT molecular complexity index is 609. The molecule has 0 saturated heterocycles. The van der Waals surface area contributed by atoms with Gasteiger partial charge in [0.1, 0.15) is 11.4 Å². The number of hydrogen-bond donors (Lipinski definition) is 2. The van der Waals surface area contributed by atoms with Gasteiger partial charge in [-0.25, -0.2) is 4.39 Å². The van der Waals surface area contributed by atoms with Gasteiger partial charge in [-0.3, -0.25) is 4.68 Å². The molecule has 0 bridgehead atoms. The summed E-state index contributed by atoms with van der Waals surface area (Å²) in [5.74, 6) is -0.197. The molecule has 22 heavy (non-hydrogen) atoms. The number of aromatic nitrogens is 2. The lowest BCUT2D eigenvalue weighted by atomic mass is 9.98. The Morgan fingerprint density at radius 3 is 2.86 bits per heavy atom. The molecule has 0 saturated carbocycles. The molecule has 2 rings (SSSR count). The zero-order valence-electron chi connectivity index (χ0n) is 13.4. The molecule has 5 heteroatoms. The van der Waals surface area contributed by atoms with Crippen LogP contribution in [0.3, 0.4) is 0 Å². The van der Waals surface area contributed by atoms with Crippen LogP contribution < -0.4 is 5.32 Å². The van der Waals surface area contributed by atoms with E-state index in [1.165, 1.54) is 6.07 Å². The van der Waals surface area contributed by atoms with Crippen molar-refractivity contribution in [2.75, 3.05) is 6.54 Å². The maximum absolute atomic E-state index is 13.1. The normalized spacial score (nSPS) is 15.5. The van der Waals surface area contributed by atoms with Crippen molar-refractivity contribution in [3.63, 3.8) is 0 Å². The van der Waals surface area contributed by atoms with Crippen molar-refractivity contribution in [2.24, 2.45) is 7.05 Å². The SMILES string of the molecule is C[C@@H](CCc1cccc(F)c1)NC[C@@](C)(O)c1cnn(C)c1. The first kappa shape index (κ1) is 16.6. The molecule has 0 aliphatic heterocycles. The highest BCUT2D eigenvalue weighted by Gasteiger charge is 2.24. The van der Waals surface area contributed by atoms with Gasteiger partial charge in [-0.05, 0) is 44.4 Å². The lowest BCUT2D eigenvalue weighted by Gasteiger charge is -2.25. The van der Waals surface area contributed by atoms with Crippen LogP contribution in [0.25, 0.3) is 0 Å². The van der Waals surface area contributed by atoms with Crippen LogP contribution in [0.15, 0.2) is 36.7 Å². The summed E-state index contributed by atoms with van der Waals surface area (Å²) in [5, 5.41) is 17.9. The molecule has 1 aromatic carbocycles. The number of rotatable bonds is 7. The summed E-state index contributed by atoms with van der Waals surface area (Å²) in [7, 11) is 1.83. The fourth-order valence-electron chi connectivity index (χ4n) is 2.35. The molecule has 4 nitrogen and oxygen atoms in total. The Labute approximate surface area is 131 Å². The average Bonchev–Trinajstić information content (AvgIpc) is 2.91. The second-order valence-electron chi connectivity index (χ2n) is 6.13. The van der Waals surface area contributed by atoms with E-state index in [-0.39, 0.29) is 11.9 Å². The minimum absolute atomic E-state index is 0.197. The van der Waals surface area contributed by atoms with Gasteiger partial charge in [0.15, 0.2) is 0 Å². The van der Waals surface area contributed by atoms with Crippen LogP contribution in [0.1, 0.15) is 31.4 Å². The standard InChI is InChI=1S/C17H24FN3O/c1-13(7-8-14-5-4-6-16(18)9-14)19-12-17(2,22)15-10-20-21(3)11-15/h4-6,9-11,13,19,22H,7-8,12H2,1-3H3/t13-,17+/m0/s1. The van der Waals surface area contributed by atoms with Crippen molar-refractivity contribution in [3.05, 3.63) is 53.6 Å². The fraction of sp³-hybridized carbons (Fsp3) is 0.471. The molecule has 0 amide bonds. The first-order valence-corrected chi connectivity index (χ1v) is 7.56. The Balaban J connectivity index is 1.81. The molecule has 0 spiro atoms. The van der Waals surface area contributed by atoms with E-state index in [1.54, 1.807) is 29.9 Å². The Morgan fingerprint density at radius 1 is 1.45 bits per heavy atom. The number of aryl methyl sites for hydroxylation is 2. The lowest BCUT2D eigenvalue weighted by Crippen LogP contribution is -2.39. The average molecular weight is 305 g/mol. The highest BCUT2D eigenvalue weighted by Crippen LogP contribution is 2.19. The number of nitrogens with zero attached hydrogens (tertiary/aromatic N) is 2. The van der Waals surface area contributed by atoms with Crippen LogP contribution in [0.5, 0.6) is 0 Å². The van der Waals surface area contributed by atoms with E-state index in [4.69, 9.17) is 0 Å². The highest BCUT2D eigenvalue weighted by molar-refractivity contribution is 5.17. The van der Waals surface area contributed by atoms with E-state index < -0.39 is 5.60 Å². The highest BCUT2D eigenvalue weighted by atomic mass is 19.1. The molecule has 120 valence electrons. The number of hydrogen-bond acceptors (Lipinski definition) is 3. The van der Waals surface area contributed by atoms with Crippen molar-refractivity contribution in [3.8, 4) is 0 Å². The summed E-state index contributed by atoms with van der Waals surface area (Å²) < 4.78 is 14.8. The Hall–Kier alpha value is -1.72. The van der Waals surface area contributed by atoms with Crippen molar-refractivity contribution in [1.82, 2.24) is 15.1 Å². The smallest absolute Gasteiger partial charge is 0.123 e. The summed E-state index contributed by atoms with van der Waals surface area (Å²) in [4.78, 5) is 0. The third-order valence-corrected chi connectivity index (χ3v) is 3.88. The third-order valence-electron chi connectivity index (χ3n) is 3.88. The Kier molecular flexibility index (Phi) is 5.32. The first-order chi connectivity index (χ1) is 10.4. The van der Waals surface area contributed by atoms with Gasteiger partial charge in [0.05, 0.1) is 6.20 Å². The maximum atomic E-state index is 13.1. The predicted molar refractivity (Wildman–Crippen MR) is 85.0 cm³/mol. The van der Waals surface area contributed by atoms with E-state index >= 15 is 0 Å². The van der Waals surface area contributed by atoms with E-state index in [0.29, 0.717) is 6.54 Å². The summed E-state index contributed by atoms with van der Waals surface area (Å²) in [5.41, 5.74) is 0.828. The minimum atomic E-state index is -0.957. The number of nitrogens with one attached hydrogen (secondary N) is 1. The second kappa shape index (κ2) is 7.03. The Morgan fingerprint density at radius 2 is 2.23 bits per heavy atom. The van der Waals surface area contributed by atoms with Gasteiger partial charge >= 0.3 is 0 Å². The van der Waals surface area contributed by atoms with Gasteiger partial charge in [-0.1, -0.05) is 12.1 Å². The minimum Gasteiger partial charge on any atom is -0.384 e. The number of benzene rings is 1. The van der Waals surface area contributed by atoms with E-state index in [2.05, 4.69) is 17.3 Å². The summed E-state index contributed by atoms with van der Waals surface area (Å²) in [6, 6.07) is 6.92. The lowest BCUT2D eigenvalue weighted by molar-refractivity contribution is 0.0540. The van der Waals surface area contributed by atoms with E-state index in [9.17, 15) is 9.50 Å². The van der Waals surface area contributed by atoms with Crippen LogP contribution in [0, 0.1) is 5.82 Å². The first-order valence-electron chi connectivity index (χ1n) is 7.56. The maximum Gasteiger partial charge on any atom is 0.123 e. The topological polar surface area (TPSA) is 50.1 Å². The van der Waals surface area contributed by atoms with Gasteiger partial charge < -0.3 is 10.4 Å². The van der Waals surface area contributed by atoms with Gasteiger partial charge in [0.25, 0.3) is 0 Å². The van der Waals surface area contributed by atoms with Gasteiger partial charge in [-0.2, -0.15) is 5.10 Å². The molecular formula is C17H24FN3O. The molecule has 1 heterocycles. The fourth-order valence-corrected chi connectivity index (χ4v) is 2.35. The number of halogens is 1. The van der Waals surface area contributed by atoms with Gasteiger partial charge in [0.2, 0.25) is 0 Å². The molecule has 2 N–H and O–H groups in total. The molecule has 1 aromatic heterocycles. The van der Waals surface area contributed by atoms with E-state index in [1.807, 2.05) is 19.3 Å². The molecule has 0 unspecified atom stereocenters. The predicted octanol–water partition coefficient (Wildman–Crippen LogP) is 2.38. The van der Waals surface area contributed by atoms with Crippen molar-refractivity contribution >= 4 is 0 Å². The summed E-state index contributed by atoms with van der Waals surface area (Å²) in [6.45, 7) is 4.29. The van der Waals surface area contributed by atoms with Crippen molar-refractivity contribution in [2.45, 2.75) is 38.3 Å². The zero-order chi connectivity index (χ0) is 16.2. The van der Waals surface area contributed by atoms with Crippen molar-refractivity contribution < 1.29 is 9.50 Å². The summed E-state index contributed by atoms with van der Waals surface area (Å²) in [6.07, 6.45) is 5.19. The molecule has 0 radical (unpaired) electrons.